The first-order valence-electron chi connectivity index (χ1n) is 6.46. The first-order chi connectivity index (χ1) is 9.20. The van der Waals surface area contributed by atoms with Crippen molar-refractivity contribution in [2.24, 2.45) is 0 Å². The molecule has 0 radical (unpaired) electrons. The van der Waals surface area contributed by atoms with Crippen LogP contribution in [0.15, 0.2) is 42.5 Å². The highest BCUT2D eigenvalue weighted by molar-refractivity contribution is 5.59. The van der Waals surface area contributed by atoms with Gasteiger partial charge in [0.15, 0.2) is 0 Å². The molecule has 1 unspecified atom stereocenters. The Morgan fingerprint density at radius 3 is 2.79 bits per heavy atom. The van der Waals surface area contributed by atoms with Gasteiger partial charge in [-0.25, -0.2) is 4.39 Å². The van der Waals surface area contributed by atoms with E-state index in [1.54, 1.807) is 0 Å². The van der Waals surface area contributed by atoms with E-state index in [4.69, 9.17) is 4.74 Å². The largest absolute Gasteiger partial charge is 0.486 e. The Labute approximate surface area is 112 Å². The Kier molecular flexibility index (Phi) is 3.11. The maximum atomic E-state index is 12.9. The fourth-order valence-electron chi connectivity index (χ4n) is 2.32. The van der Waals surface area contributed by atoms with Gasteiger partial charge in [-0.15, -0.1) is 0 Å². The van der Waals surface area contributed by atoms with Crippen molar-refractivity contribution in [1.29, 1.82) is 0 Å². The Bertz CT molecular complexity index is 580. The summed E-state index contributed by atoms with van der Waals surface area (Å²) < 4.78 is 18.9. The summed E-state index contributed by atoms with van der Waals surface area (Å²) in [6.07, 6.45) is 0.862. The Morgan fingerprint density at radius 1 is 1.21 bits per heavy atom. The SMILES string of the molecule is Cc1ccc2c(c1)OC(Cc1ccc(F)cc1)CN2. The zero-order valence-corrected chi connectivity index (χ0v) is 10.8. The fourth-order valence-corrected chi connectivity index (χ4v) is 2.32. The van der Waals surface area contributed by atoms with Gasteiger partial charge in [0.2, 0.25) is 0 Å². The van der Waals surface area contributed by atoms with E-state index >= 15 is 0 Å². The van der Waals surface area contributed by atoms with Gasteiger partial charge in [-0.1, -0.05) is 18.2 Å². The number of nitrogens with one attached hydrogen (secondary N) is 1. The van der Waals surface area contributed by atoms with Gasteiger partial charge in [-0.3, -0.25) is 0 Å². The van der Waals surface area contributed by atoms with Crippen LogP contribution >= 0.6 is 0 Å². The minimum Gasteiger partial charge on any atom is -0.486 e. The molecule has 3 rings (SSSR count). The van der Waals surface area contributed by atoms with Crippen molar-refractivity contribution in [1.82, 2.24) is 0 Å². The van der Waals surface area contributed by atoms with Crippen molar-refractivity contribution in [3.05, 3.63) is 59.4 Å². The molecule has 1 atom stereocenters. The lowest BCUT2D eigenvalue weighted by Crippen LogP contribution is -2.32. The van der Waals surface area contributed by atoms with Crippen LogP contribution < -0.4 is 10.1 Å². The van der Waals surface area contributed by atoms with Crippen LogP contribution in [0.2, 0.25) is 0 Å². The molecule has 2 nitrogen and oxygen atoms in total. The standard InChI is InChI=1S/C16H16FNO/c1-11-2-7-15-16(8-11)19-14(10-18-15)9-12-3-5-13(17)6-4-12/h2-8,14,18H,9-10H2,1H3. The van der Waals surface area contributed by atoms with E-state index < -0.39 is 0 Å². The second-order valence-electron chi connectivity index (χ2n) is 4.95. The molecule has 0 fully saturated rings. The predicted molar refractivity (Wildman–Crippen MR) is 74.2 cm³/mol. The lowest BCUT2D eigenvalue weighted by Gasteiger charge is -2.27. The average molecular weight is 257 g/mol. The summed E-state index contributed by atoms with van der Waals surface area (Å²) >= 11 is 0. The maximum absolute atomic E-state index is 12.9. The zero-order chi connectivity index (χ0) is 13.2. The molecule has 0 aliphatic carbocycles. The second-order valence-corrected chi connectivity index (χ2v) is 4.95. The van der Waals surface area contributed by atoms with Crippen LogP contribution in [0.5, 0.6) is 5.75 Å². The van der Waals surface area contributed by atoms with E-state index in [1.807, 2.05) is 31.2 Å². The van der Waals surface area contributed by atoms with Gasteiger partial charge < -0.3 is 10.1 Å². The number of rotatable bonds is 2. The molecular weight excluding hydrogens is 241 g/mol. The maximum Gasteiger partial charge on any atom is 0.143 e. The molecule has 0 bridgehead atoms. The van der Waals surface area contributed by atoms with Crippen molar-refractivity contribution < 1.29 is 9.13 Å². The molecule has 0 saturated carbocycles. The first kappa shape index (κ1) is 12.0. The molecule has 0 amide bonds. The minimum atomic E-state index is -0.201. The van der Waals surface area contributed by atoms with Crippen LogP contribution in [-0.2, 0) is 6.42 Å². The third kappa shape index (κ3) is 2.70. The molecule has 98 valence electrons. The molecular formula is C16H16FNO. The monoisotopic (exact) mass is 257 g/mol. The normalized spacial score (nSPS) is 17.3. The summed E-state index contributed by atoms with van der Waals surface area (Å²) in [7, 11) is 0. The summed E-state index contributed by atoms with van der Waals surface area (Å²) in [6.45, 7) is 2.82. The van der Waals surface area contributed by atoms with Crippen molar-refractivity contribution in [2.75, 3.05) is 11.9 Å². The molecule has 0 saturated heterocycles. The van der Waals surface area contributed by atoms with Gasteiger partial charge in [0.25, 0.3) is 0 Å². The van der Waals surface area contributed by atoms with Crippen LogP contribution in [-0.4, -0.2) is 12.6 Å². The van der Waals surface area contributed by atoms with E-state index in [0.717, 1.165) is 30.0 Å². The Balaban J connectivity index is 1.73. The van der Waals surface area contributed by atoms with Gasteiger partial charge >= 0.3 is 0 Å². The third-order valence-electron chi connectivity index (χ3n) is 3.33. The van der Waals surface area contributed by atoms with Crippen LogP contribution in [0.4, 0.5) is 10.1 Å². The molecule has 1 N–H and O–H groups in total. The molecule has 3 heteroatoms. The number of ether oxygens (including phenoxy) is 1. The molecule has 2 aromatic carbocycles. The topological polar surface area (TPSA) is 21.3 Å². The van der Waals surface area contributed by atoms with E-state index in [9.17, 15) is 4.39 Å². The smallest absolute Gasteiger partial charge is 0.143 e. The van der Waals surface area contributed by atoms with E-state index in [2.05, 4.69) is 11.4 Å². The summed E-state index contributed by atoms with van der Waals surface area (Å²) in [5, 5.41) is 3.37. The van der Waals surface area contributed by atoms with Crippen LogP contribution in [0.25, 0.3) is 0 Å². The van der Waals surface area contributed by atoms with Crippen molar-refractivity contribution in [3.63, 3.8) is 0 Å². The van der Waals surface area contributed by atoms with E-state index in [1.165, 1.54) is 17.7 Å². The minimum absolute atomic E-state index is 0.0831. The summed E-state index contributed by atoms with van der Waals surface area (Å²) in [4.78, 5) is 0. The van der Waals surface area contributed by atoms with Crippen molar-refractivity contribution >= 4 is 5.69 Å². The highest BCUT2D eigenvalue weighted by Gasteiger charge is 2.19. The van der Waals surface area contributed by atoms with Gasteiger partial charge in [0, 0.05) is 6.42 Å². The molecule has 0 spiro atoms. The number of aryl methyl sites for hydroxylation is 1. The summed E-state index contributed by atoms with van der Waals surface area (Å²) in [5.74, 6) is 0.700. The second kappa shape index (κ2) is 4.92. The van der Waals surface area contributed by atoms with Crippen LogP contribution in [0.3, 0.4) is 0 Å². The molecule has 2 aromatic rings. The van der Waals surface area contributed by atoms with E-state index in [-0.39, 0.29) is 11.9 Å². The summed E-state index contributed by atoms with van der Waals surface area (Å²) in [5.41, 5.74) is 3.31. The van der Waals surface area contributed by atoms with Crippen LogP contribution in [0, 0.1) is 12.7 Å². The Hall–Kier alpha value is -2.03. The van der Waals surface area contributed by atoms with Gasteiger partial charge in [0.05, 0.1) is 12.2 Å². The number of hydrogen-bond donors (Lipinski definition) is 1. The lowest BCUT2D eigenvalue weighted by molar-refractivity contribution is 0.206. The molecule has 1 heterocycles. The highest BCUT2D eigenvalue weighted by atomic mass is 19.1. The Morgan fingerprint density at radius 2 is 2.00 bits per heavy atom. The molecule has 1 aliphatic heterocycles. The number of anilines is 1. The fraction of sp³-hybridized carbons (Fsp3) is 0.250. The van der Waals surface area contributed by atoms with Crippen molar-refractivity contribution in [3.8, 4) is 5.75 Å². The van der Waals surface area contributed by atoms with Gasteiger partial charge in [-0.2, -0.15) is 0 Å². The van der Waals surface area contributed by atoms with Gasteiger partial charge in [0.1, 0.15) is 17.7 Å². The van der Waals surface area contributed by atoms with Gasteiger partial charge in [-0.05, 0) is 42.3 Å². The van der Waals surface area contributed by atoms with E-state index in [0.29, 0.717) is 0 Å². The summed E-state index contributed by atoms with van der Waals surface area (Å²) in [6, 6.07) is 12.7. The molecule has 1 aliphatic rings. The number of benzene rings is 2. The number of fused-ring (bicyclic) bond motifs is 1. The molecule has 19 heavy (non-hydrogen) atoms. The number of hydrogen-bond acceptors (Lipinski definition) is 2. The third-order valence-corrected chi connectivity index (χ3v) is 3.33. The van der Waals surface area contributed by atoms with Crippen molar-refractivity contribution in [2.45, 2.75) is 19.4 Å². The first-order valence-corrected chi connectivity index (χ1v) is 6.46. The highest BCUT2D eigenvalue weighted by Crippen LogP contribution is 2.30. The average Bonchev–Trinajstić information content (AvgIpc) is 2.41. The predicted octanol–water partition coefficient (Wildman–Crippen LogP) is 3.55. The molecule has 0 aromatic heterocycles. The number of halogens is 1. The van der Waals surface area contributed by atoms with Crippen LogP contribution in [0.1, 0.15) is 11.1 Å². The quantitative estimate of drug-likeness (QED) is 0.888. The zero-order valence-electron chi connectivity index (χ0n) is 10.8. The lowest BCUT2D eigenvalue weighted by atomic mass is 10.1.